The molecule has 1 rings (SSSR count). The summed E-state index contributed by atoms with van der Waals surface area (Å²) >= 11 is 0. The Morgan fingerprint density at radius 1 is 1.15 bits per heavy atom. The summed E-state index contributed by atoms with van der Waals surface area (Å²) < 4.78 is 34.1. The fraction of sp³-hybridized carbons (Fsp3) is 0.571. The quantitative estimate of drug-likeness (QED) is 0.832. The van der Waals surface area contributed by atoms with Gasteiger partial charge in [0.25, 0.3) is 0 Å². The molecule has 6 heteroatoms. The molecule has 1 aromatic carbocycles. The fourth-order valence-electron chi connectivity index (χ4n) is 2.03. The van der Waals surface area contributed by atoms with Gasteiger partial charge in [0.05, 0.1) is 19.5 Å². The normalized spacial score (nSPS) is 14.7. The van der Waals surface area contributed by atoms with Gasteiger partial charge >= 0.3 is 0 Å². The number of ether oxygens (including phenoxy) is 2. The number of methoxy groups -OCH3 is 2. The highest BCUT2D eigenvalue weighted by Crippen LogP contribution is 2.29. The van der Waals surface area contributed by atoms with Crippen LogP contribution >= 0.6 is 0 Å². The first-order chi connectivity index (χ1) is 9.33. The molecule has 0 aliphatic rings. The number of nitrogens with one attached hydrogen (secondary N) is 1. The van der Waals surface area contributed by atoms with Crippen LogP contribution in [0.5, 0.6) is 11.5 Å². The van der Waals surface area contributed by atoms with E-state index in [2.05, 4.69) is 5.32 Å². The van der Waals surface area contributed by atoms with Crippen molar-refractivity contribution in [1.29, 1.82) is 0 Å². The lowest BCUT2D eigenvalue weighted by Gasteiger charge is -2.24. The number of hydrogen-bond acceptors (Lipinski definition) is 5. The Hall–Kier alpha value is -1.27. The monoisotopic (exact) mass is 301 g/mol. The molecule has 0 aliphatic carbocycles. The summed E-state index contributed by atoms with van der Waals surface area (Å²) in [6.45, 7) is 4.32. The number of rotatable bonds is 7. The highest BCUT2D eigenvalue weighted by Gasteiger charge is 2.27. The minimum Gasteiger partial charge on any atom is -0.497 e. The first-order valence-electron chi connectivity index (χ1n) is 6.48. The van der Waals surface area contributed by atoms with Crippen molar-refractivity contribution >= 4 is 9.84 Å². The number of sulfone groups is 1. The Labute approximate surface area is 121 Å². The van der Waals surface area contributed by atoms with Crippen molar-refractivity contribution in [3.63, 3.8) is 0 Å². The van der Waals surface area contributed by atoms with E-state index in [4.69, 9.17) is 9.47 Å². The van der Waals surface area contributed by atoms with Gasteiger partial charge in [-0.2, -0.15) is 0 Å². The molecule has 1 N–H and O–H groups in total. The van der Waals surface area contributed by atoms with Crippen molar-refractivity contribution in [1.82, 2.24) is 5.32 Å². The van der Waals surface area contributed by atoms with Crippen LogP contribution in [0.4, 0.5) is 0 Å². The molecule has 20 heavy (non-hydrogen) atoms. The molecule has 1 aromatic rings. The molecule has 0 bridgehead atoms. The second-order valence-corrected chi connectivity index (χ2v) is 7.12. The van der Waals surface area contributed by atoms with Crippen molar-refractivity contribution < 1.29 is 17.9 Å². The molecular weight excluding hydrogens is 278 g/mol. The zero-order chi connectivity index (χ0) is 15.3. The number of benzene rings is 1. The van der Waals surface area contributed by atoms with E-state index in [0.29, 0.717) is 18.0 Å². The molecule has 0 saturated heterocycles. The van der Waals surface area contributed by atoms with Crippen LogP contribution in [0, 0.1) is 0 Å². The zero-order valence-corrected chi connectivity index (χ0v) is 13.5. The van der Waals surface area contributed by atoms with Crippen LogP contribution in [0.2, 0.25) is 0 Å². The molecule has 0 aliphatic heterocycles. The average molecular weight is 301 g/mol. The third kappa shape index (κ3) is 4.11. The third-order valence-electron chi connectivity index (χ3n) is 3.30. The van der Waals surface area contributed by atoms with E-state index < -0.39 is 15.1 Å². The van der Waals surface area contributed by atoms with Crippen LogP contribution in [-0.2, 0) is 9.84 Å². The first kappa shape index (κ1) is 16.8. The Kier molecular flexibility index (Phi) is 5.83. The molecular formula is C14H23NO4S. The SMILES string of the molecule is CCNC(c1cc(OC)cc(OC)c1)C(C)S(C)(=O)=O. The lowest BCUT2D eigenvalue weighted by Crippen LogP contribution is -2.35. The van der Waals surface area contributed by atoms with Crippen molar-refractivity contribution in [2.24, 2.45) is 0 Å². The molecule has 5 nitrogen and oxygen atoms in total. The Morgan fingerprint density at radius 2 is 1.65 bits per heavy atom. The summed E-state index contributed by atoms with van der Waals surface area (Å²) in [5.41, 5.74) is 0.834. The predicted octanol–water partition coefficient (Wildman–Crippen LogP) is 1.79. The summed E-state index contributed by atoms with van der Waals surface area (Å²) in [6.07, 6.45) is 1.25. The molecule has 0 fully saturated rings. The van der Waals surface area contributed by atoms with Crippen LogP contribution in [0.3, 0.4) is 0 Å². The van der Waals surface area contributed by atoms with Gasteiger partial charge in [0.15, 0.2) is 9.84 Å². The van der Waals surface area contributed by atoms with Gasteiger partial charge in [-0.1, -0.05) is 6.92 Å². The van der Waals surface area contributed by atoms with E-state index in [1.54, 1.807) is 27.2 Å². The Bertz CT molecular complexity index is 520. The molecule has 2 unspecified atom stereocenters. The summed E-state index contributed by atoms with van der Waals surface area (Å²) in [7, 11) is -0.0152. The van der Waals surface area contributed by atoms with Crippen molar-refractivity contribution in [2.75, 3.05) is 27.0 Å². The van der Waals surface area contributed by atoms with Gasteiger partial charge in [0.1, 0.15) is 11.5 Å². The van der Waals surface area contributed by atoms with Gasteiger partial charge < -0.3 is 14.8 Å². The fourth-order valence-corrected chi connectivity index (χ4v) is 2.78. The smallest absolute Gasteiger partial charge is 0.151 e. The van der Waals surface area contributed by atoms with Crippen LogP contribution in [0.25, 0.3) is 0 Å². The molecule has 0 heterocycles. The largest absolute Gasteiger partial charge is 0.497 e. The van der Waals surface area contributed by atoms with Gasteiger partial charge in [-0.25, -0.2) is 8.42 Å². The van der Waals surface area contributed by atoms with Crippen molar-refractivity contribution in [2.45, 2.75) is 25.1 Å². The average Bonchev–Trinajstić information content (AvgIpc) is 2.42. The van der Waals surface area contributed by atoms with E-state index in [9.17, 15) is 8.42 Å². The lowest BCUT2D eigenvalue weighted by molar-refractivity contribution is 0.391. The van der Waals surface area contributed by atoms with Gasteiger partial charge in [-0.15, -0.1) is 0 Å². The Morgan fingerprint density at radius 3 is 2.00 bits per heavy atom. The van der Waals surface area contributed by atoms with Crippen LogP contribution in [0.15, 0.2) is 18.2 Å². The van der Waals surface area contributed by atoms with E-state index >= 15 is 0 Å². The van der Waals surface area contributed by atoms with Crippen LogP contribution < -0.4 is 14.8 Å². The maximum Gasteiger partial charge on any atom is 0.151 e. The second-order valence-electron chi connectivity index (χ2n) is 4.72. The summed E-state index contributed by atoms with van der Waals surface area (Å²) in [6, 6.07) is 5.12. The first-order valence-corrected chi connectivity index (χ1v) is 8.44. The van der Waals surface area contributed by atoms with E-state index in [1.165, 1.54) is 6.26 Å². The van der Waals surface area contributed by atoms with Gasteiger partial charge in [-0.3, -0.25) is 0 Å². The van der Waals surface area contributed by atoms with Crippen molar-refractivity contribution in [3.05, 3.63) is 23.8 Å². The van der Waals surface area contributed by atoms with Gasteiger partial charge in [0, 0.05) is 18.4 Å². The second kappa shape index (κ2) is 6.95. The lowest BCUT2D eigenvalue weighted by atomic mass is 10.0. The highest BCUT2D eigenvalue weighted by atomic mass is 32.2. The predicted molar refractivity (Wildman–Crippen MR) is 80.3 cm³/mol. The number of hydrogen-bond donors (Lipinski definition) is 1. The summed E-state index contributed by atoms with van der Waals surface area (Å²) in [5.74, 6) is 1.28. The van der Waals surface area contributed by atoms with Gasteiger partial charge in [-0.05, 0) is 31.2 Å². The molecule has 0 saturated carbocycles. The maximum absolute atomic E-state index is 11.8. The van der Waals surface area contributed by atoms with E-state index in [0.717, 1.165) is 5.56 Å². The summed E-state index contributed by atoms with van der Waals surface area (Å²) in [4.78, 5) is 0. The topological polar surface area (TPSA) is 64.6 Å². The summed E-state index contributed by atoms with van der Waals surface area (Å²) in [5, 5.41) is 2.68. The van der Waals surface area contributed by atoms with Crippen LogP contribution in [-0.4, -0.2) is 40.7 Å². The Balaban J connectivity index is 3.27. The minimum absolute atomic E-state index is 0.306. The van der Waals surface area contributed by atoms with Crippen LogP contribution in [0.1, 0.15) is 25.5 Å². The standard InChI is InChI=1S/C14H23NO4S/c1-6-15-14(10(2)20(5,16)17)11-7-12(18-3)9-13(8-11)19-4/h7-10,14-15H,6H2,1-5H3. The van der Waals surface area contributed by atoms with E-state index in [-0.39, 0.29) is 6.04 Å². The molecule has 0 spiro atoms. The molecule has 0 amide bonds. The molecule has 0 radical (unpaired) electrons. The molecule has 0 aromatic heterocycles. The molecule has 2 atom stereocenters. The zero-order valence-electron chi connectivity index (χ0n) is 12.6. The van der Waals surface area contributed by atoms with Crippen molar-refractivity contribution in [3.8, 4) is 11.5 Å². The minimum atomic E-state index is -3.16. The third-order valence-corrected chi connectivity index (χ3v) is 4.92. The maximum atomic E-state index is 11.8. The van der Waals surface area contributed by atoms with E-state index in [1.807, 2.05) is 19.1 Å². The van der Waals surface area contributed by atoms with Gasteiger partial charge in [0.2, 0.25) is 0 Å². The molecule has 114 valence electrons. The highest BCUT2D eigenvalue weighted by molar-refractivity contribution is 7.91.